The number of fused-ring (bicyclic) bond motifs is 2. The number of aryl methyl sites for hydroxylation is 2. The maximum Gasteiger partial charge on any atom is 0.482 e. The summed E-state index contributed by atoms with van der Waals surface area (Å²) in [5.74, 6) is 1.35. The maximum absolute atomic E-state index is 9.43. The van der Waals surface area contributed by atoms with Crippen LogP contribution in [0.4, 0.5) is 0 Å². The zero-order valence-corrected chi connectivity index (χ0v) is 22.4. The lowest BCUT2D eigenvalue weighted by atomic mass is 10.1. The molecule has 0 aliphatic carbocycles. The van der Waals surface area contributed by atoms with E-state index in [1.165, 1.54) is 11.1 Å². The Hall–Kier alpha value is -4.37. The highest BCUT2D eigenvalue weighted by molar-refractivity contribution is 6.00. The molecule has 0 saturated heterocycles. The summed E-state index contributed by atoms with van der Waals surface area (Å²) in [4.78, 5) is 8.45. The predicted octanol–water partition coefficient (Wildman–Crippen LogP) is 7.31. The topological polar surface area (TPSA) is 75.5 Å². The van der Waals surface area contributed by atoms with Gasteiger partial charge in [-0.25, -0.2) is 9.97 Å². The number of phenolic OH excluding ortho intramolecular Hbond substituents is 2. The molecule has 0 aliphatic heterocycles. The van der Waals surface area contributed by atoms with Crippen LogP contribution in [0, 0.1) is 13.8 Å². The third kappa shape index (κ3) is 6.89. The van der Waals surface area contributed by atoms with Crippen molar-refractivity contribution in [1.82, 2.24) is 9.97 Å². The van der Waals surface area contributed by atoms with Gasteiger partial charge in [-0.2, -0.15) is 0 Å². The van der Waals surface area contributed by atoms with Crippen molar-refractivity contribution in [3.63, 3.8) is 0 Å². The van der Waals surface area contributed by atoms with Gasteiger partial charge in [-0.1, -0.05) is 78.9 Å². The number of aromatic nitrogens is 2. The Morgan fingerprint density at radius 1 is 0.526 bits per heavy atom. The van der Waals surface area contributed by atoms with Gasteiger partial charge in [0.1, 0.15) is 22.5 Å². The highest BCUT2D eigenvalue weighted by Crippen LogP contribution is 2.23. The highest BCUT2D eigenvalue weighted by atomic mass is 27.1. The number of hydrogen-bond donors (Lipinski definition) is 2. The Bertz CT molecular complexity index is 1560. The van der Waals surface area contributed by atoms with Gasteiger partial charge in [0.25, 0.3) is 0 Å². The Morgan fingerprint density at radius 2 is 1.00 bits per heavy atom. The van der Waals surface area contributed by atoms with E-state index in [-0.39, 0.29) is 11.5 Å². The molecule has 4 aromatic carbocycles. The monoisotopic (exact) mass is 514 g/mol. The Balaban J connectivity index is 0.000000133. The lowest BCUT2D eigenvalue weighted by Gasteiger charge is -2.04. The molecule has 0 spiro atoms. The van der Waals surface area contributed by atoms with Crippen molar-refractivity contribution in [3.8, 4) is 28.4 Å². The van der Waals surface area contributed by atoms with Gasteiger partial charge in [0.05, 0.1) is 5.75 Å². The maximum atomic E-state index is 9.43. The van der Waals surface area contributed by atoms with Crippen molar-refractivity contribution in [2.75, 3.05) is 0 Å². The number of para-hydroxylation sites is 2. The van der Waals surface area contributed by atoms with Gasteiger partial charge in [0.2, 0.25) is 0 Å². The zero-order chi connectivity index (χ0) is 26.9. The van der Waals surface area contributed by atoms with Crippen LogP contribution in [0.25, 0.3) is 32.9 Å². The van der Waals surface area contributed by atoms with Gasteiger partial charge in [0.15, 0.2) is 0 Å². The Kier molecular flexibility index (Phi) is 8.95. The first kappa shape index (κ1) is 26.7. The number of benzene rings is 4. The normalized spacial score (nSPS) is 10.2. The van der Waals surface area contributed by atoms with Crippen LogP contribution in [-0.4, -0.2) is 36.8 Å². The van der Waals surface area contributed by atoms with Gasteiger partial charge >= 0.3 is 16.6 Å². The lowest BCUT2D eigenvalue weighted by Crippen LogP contribution is -1.84. The molecule has 0 amide bonds. The van der Waals surface area contributed by atoms with Crippen LogP contribution < -0.4 is 3.79 Å². The van der Waals surface area contributed by atoms with Crippen LogP contribution in [-0.2, 0) is 0 Å². The second kappa shape index (κ2) is 12.7. The molecule has 0 bridgehead atoms. The molecule has 0 atom stereocenters. The summed E-state index contributed by atoms with van der Waals surface area (Å²) in [5, 5.41) is 20.8. The fraction of sp³-hybridized carbons (Fsp3) is 0.0625. The molecule has 6 heteroatoms. The van der Waals surface area contributed by atoms with Gasteiger partial charge in [-0.3, -0.25) is 0 Å². The van der Waals surface area contributed by atoms with Gasteiger partial charge in [0, 0.05) is 22.2 Å². The van der Waals surface area contributed by atoms with E-state index in [9.17, 15) is 10.2 Å². The molecule has 2 heterocycles. The van der Waals surface area contributed by atoms with Crippen LogP contribution >= 0.6 is 0 Å². The van der Waals surface area contributed by atoms with E-state index >= 15 is 0 Å². The van der Waals surface area contributed by atoms with Crippen LogP contribution in [0.15, 0.2) is 115 Å². The number of rotatable bonds is 2. The molecule has 0 fully saturated rings. The number of nitrogens with zero attached hydrogens (tertiary/aromatic N) is 2. The summed E-state index contributed by atoms with van der Waals surface area (Å²) in [5.41, 5.74) is 5.63. The molecule has 2 N–H and O–H groups in total. The SMILES string of the molecule is Cc1ccc2cccc(O)c2n1.Cc1ccc2cccc(O)c2n1.[Al][O]c1ccc(-c2ccccc2)cc1. The van der Waals surface area contributed by atoms with Crippen LogP contribution in [0.2, 0.25) is 0 Å². The molecule has 0 unspecified atom stereocenters. The van der Waals surface area contributed by atoms with Gasteiger partial charge < -0.3 is 14.0 Å². The van der Waals surface area contributed by atoms with Crippen molar-refractivity contribution in [2.24, 2.45) is 0 Å². The minimum absolute atomic E-state index is 0.246. The fourth-order valence-corrected chi connectivity index (χ4v) is 3.97. The van der Waals surface area contributed by atoms with Crippen LogP contribution in [0.5, 0.6) is 17.2 Å². The van der Waals surface area contributed by atoms with Crippen LogP contribution in [0.3, 0.4) is 0 Å². The van der Waals surface area contributed by atoms with E-state index in [0.29, 0.717) is 11.0 Å². The molecule has 38 heavy (non-hydrogen) atoms. The molecular formula is C32H27AlN2O3. The standard InChI is InChI=1S/C12H10O.2C10H9NO.Al/c13-12-8-6-11(7-9-12)10-4-2-1-3-5-10;2*1-7-5-6-8-3-2-4-9(12)10(8)11-7;/h1-9,13H;2*2-6,12H,1H3;/q;;;+1/p-1. The van der Waals surface area contributed by atoms with E-state index in [4.69, 9.17) is 3.79 Å². The number of pyridine rings is 2. The molecule has 6 aromatic rings. The minimum Gasteiger partial charge on any atom is -0.654 e. The minimum atomic E-state index is 0.246. The van der Waals surface area contributed by atoms with Crippen molar-refractivity contribution in [3.05, 3.63) is 127 Å². The van der Waals surface area contributed by atoms with E-state index in [1.54, 1.807) is 12.1 Å². The largest absolute Gasteiger partial charge is 0.654 e. The van der Waals surface area contributed by atoms with E-state index in [1.807, 2.05) is 92.7 Å². The quantitative estimate of drug-likeness (QED) is 0.237. The molecule has 5 nitrogen and oxygen atoms in total. The van der Waals surface area contributed by atoms with E-state index in [0.717, 1.165) is 27.9 Å². The van der Waals surface area contributed by atoms with Crippen molar-refractivity contribution >= 4 is 38.4 Å². The summed E-state index contributed by atoms with van der Waals surface area (Å²) in [6.45, 7) is 3.82. The van der Waals surface area contributed by atoms with Crippen molar-refractivity contribution in [1.29, 1.82) is 0 Å². The second-order valence-corrected chi connectivity index (χ2v) is 8.85. The van der Waals surface area contributed by atoms with E-state index in [2.05, 4.69) is 50.9 Å². The number of aromatic hydroxyl groups is 2. The summed E-state index contributed by atoms with van der Waals surface area (Å²) >= 11 is 2.24. The highest BCUT2D eigenvalue weighted by Gasteiger charge is 2.00. The molecule has 2 aromatic heterocycles. The molecule has 0 aliphatic rings. The van der Waals surface area contributed by atoms with Crippen molar-refractivity contribution in [2.45, 2.75) is 13.8 Å². The van der Waals surface area contributed by atoms with Gasteiger partial charge in [-0.05, 0) is 61.4 Å². The smallest absolute Gasteiger partial charge is 0.482 e. The van der Waals surface area contributed by atoms with Gasteiger partial charge in [-0.15, -0.1) is 0 Å². The Morgan fingerprint density at radius 3 is 1.47 bits per heavy atom. The van der Waals surface area contributed by atoms with E-state index < -0.39 is 0 Å². The zero-order valence-electron chi connectivity index (χ0n) is 21.2. The molecule has 0 saturated carbocycles. The summed E-state index contributed by atoms with van der Waals surface area (Å²) < 4.78 is 5.02. The first-order valence-corrected chi connectivity index (χ1v) is 12.5. The molecule has 6 rings (SSSR count). The fourth-order valence-electron chi connectivity index (χ4n) is 3.81. The lowest BCUT2D eigenvalue weighted by molar-refractivity contribution is 0.480. The predicted molar refractivity (Wildman–Crippen MR) is 155 cm³/mol. The number of hydrogen-bond acceptors (Lipinski definition) is 5. The average Bonchev–Trinajstić information content (AvgIpc) is 2.95. The molecule has 2 radical (unpaired) electrons. The summed E-state index contributed by atoms with van der Waals surface area (Å²) in [7, 11) is 0. The third-order valence-electron chi connectivity index (χ3n) is 5.77. The molecule has 186 valence electrons. The average molecular weight is 515 g/mol. The first-order chi connectivity index (χ1) is 18.4. The second-order valence-electron chi connectivity index (χ2n) is 8.61. The van der Waals surface area contributed by atoms with Crippen molar-refractivity contribution < 1.29 is 14.0 Å². The summed E-state index contributed by atoms with van der Waals surface area (Å²) in [6.07, 6.45) is 0. The molecular weight excluding hydrogens is 487 g/mol. The Labute approximate surface area is 230 Å². The summed E-state index contributed by atoms with van der Waals surface area (Å²) in [6, 6.07) is 36.9. The first-order valence-electron chi connectivity index (χ1n) is 12.1. The number of phenols is 2. The van der Waals surface area contributed by atoms with Crippen LogP contribution in [0.1, 0.15) is 11.4 Å². The third-order valence-corrected chi connectivity index (χ3v) is 6.05.